The number of ether oxygens (including phenoxy) is 1. The largest absolute Gasteiger partial charge is 0.435 e. The highest BCUT2D eigenvalue weighted by Gasteiger charge is 2.05. The number of benzene rings is 2. The summed E-state index contributed by atoms with van der Waals surface area (Å²) in [6, 6.07) is 15.2. The Balaban J connectivity index is 1.74. The summed E-state index contributed by atoms with van der Waals surface area (Å²) in [7, 11) is 0. The average molecular weight is 306 g/mol. The number of nitrogens with one attached hydrogen (secondary N) is 2. The van der Waals surface area contributed by atoms with E-state index in [4.69, 9.17) is 0 Å². The highest BCUT2D eigenvalue weighted by Crippen LogP contribution is 2.17. The van der Waals surface area contributed by atoms with E-state index in [0.29, 0.717) is 12.2 Å². The molecule has 0 saturated heterocycles. The maximum absolute atomic E-state index is 12.0. The Hall–Kier alpha value is -2.63. The number of carbonyl (C=O) groups excluding carboxylic acids is 1. The van der Waals surface area contributed by atoms with Crippen LogP contribution >= 0.6 is 0 Å². The Kier molecular flexibility index (Phi) is 5.71. The van der Waals surface area contributed by atoms with Gasteiger partial charge < -0.3 is 15.4 Å². The molecule has 0 atom stereocenters. The molecule has 0 aliphatic heterocycles. The molecule has 2 amide bonds. The monoisotopic (exact) mass is 306 g/mol. The molecule has 0 radical (unpaired) electrons. The molecule has 0 aliphatic rings. The highest BCUT2D eigenvalue weighted by atomic mass is 19.3. The normalized spacial score (nSPS) is 10.3. The van der Waals surface area contributed by atoms with Crippen LogP contribution < -0.4 is 15.4 Å². The number of anilines is 1. The Bertz CT molecular complexity index is 589. The smallest absolute Gasteiger partial charge is 0.387 e. The molecule has 116 valence electrons. The minimum atomic E-state index is -2.86. The molecule has 6 heteroatoms. The van der Waals surface area contributed by atoms with Gasteiger partial charge in [0.05, 0.1) is 0 Å². The van der Waals surface area contributed by atoms with Crippen LogP contribution in [0.25, 0.3) is 0 Å². The molecule has 2 aromatic carbocycles. The highest BCUT2D eigenvalue weighted by molar-refractivity contribution is 5.89. The molecule has 0 fully saturated rings. The summed E-state index contributed by atoms with van der Waals surface area (Å²) in [5.41, 5.74) is 1.63. The molecule has 2 aromatic rings. The zero-order valence-corrected chi connectivity index (χ0v) is 11.8. The van der Waals surface area contributed by atoms with E-state index in [0.717, 1.165) is 12.0 Å². The van der Waals surface area contributed by atoms with Crippen LogP contribution in [0, 0.1) is 0 Å². The summed E-state index contributed by atoms with van der Waals surface area (Å²) >= 11 is 0. The minimum Gasteiger partial charge on any atom is -0.435 e. The first-order valence-electron chi connectivity index (χ1n) is 6.77. The summed E-state index contributed by atoms with van der Waals surface area (Å²) in [6.45, 7) is -2.36. The van der Waals surface area contributed by atoms with Gasteiger partial charge in [0.25, 0.3) is 0 Å². The molecule has 0 spiro atoms. The second-order valence-corrected chi connectivity index (χ2v) is 4.52. The van der Waals surface area contributed by atoms with Gasteiger partial charge in [0, 0.05) is 12.2 Å². The van der Waals surface area contributed by atoms with Crippen LogP contribution in [0.3, 0.4) is 0 Å². The fraction of sp³-hybridized carbons (Fsp3) is 0.188. The van der Waals surface area contributed by atoms with Crippen molar-refractivity contribution in [1.82, 2.24) is 5.32 Å². The van der Waals surface area contributed by atoms with Crippen LogP contribution in [-0.4, -0.2) is 19.2 Å². The lowest BCUT2D eigenvalue weighted by atomic mass is 10.1. The van der Waals surface area contributed by atoms with Gasteiger partial charge >= 0.3 is 12.6 Å². The molecule has 4 nitrogen and oxygen atoms in total. The third-order valence-corrected chi connectivity index (χ3v) is 2.88. The lowest BCUT2D eigenvalue weighted by Gasteiger charge is -2.09. The van der Waals surface area contributed by atoms with Crippen LogP contribution in [-0.2, 0) is 6.42 Å². The molecule has 0 unspecified atom stereocenters. The number of amides is 2. The minimum absolute atomic E-state index is 0.0463. The predicted molar refractivity (Wildman–Crippen MR) is 80.2 cm³/mol. The molecule has 0 heterocycles. The van der Waals surface area contributed by atoms with Crippen molar-refractivity contribution in [2.24, 2.45) is 0 Å². The third-order valence-electron chi connectivity index (χ3n) is 2.88. The zero-order valence-electron chi connectivity index (χ0n) is 11.8. The number of urea groups is 1. The average Bonchev–Trinajstić information content (AvgIpc) is 2.50. The van der Waals surface area contributed by atoms with E-state index < -0.39 is 6.61 Å². The summed E-state index contributed by atoms with van der Waals surface area (Å²) in [4.78, 5) is 11.7. The maximum Gasteiger partial charge on any atom is 0.387 e. The number of halogens is 2. The van der Waals surface area contributed by atoms with Gasteiger partial charge in [-0.3, -0.25) is 0 Å². The van der Waals surface area contributed by atoms with Crippen molar-refractivity contribution in [3.8, 4) is 5.75 Å². The lowest BCUT2D eigenvalue weighted by Crippen LogP contribution is -2.30. The van der Waals surface area contributed by atoms with E-state index in [2.05, 4.69) is 15.4 Å². The number of rotatable bonds is 6. The number of hydrogen-bond donors (Lipinski definition) is 2. The molecular formula is C16H16F2N2O2. The Morgan fingerprint density at radius 2 is 1.73 bits per heavy atom. The van der Waals surface area contributed by atoms with Crippen molar-refractivity contribution in [1.29, 1.82) is 0 Å². The van der Waals surface area contributed by atoms with Crippen molar-refractivity contribution in [3.05, 3.63) is 60.2 Å². The first kappa shape index (κ1) is 15.8. The van der Waals surface area contributed by atoms with E-state index >= 15 is 0 Å². The summed E-state index contributed by atoms with van der Waals surface area (Å²) in [5, 5.41) is 5.34. The molecule has 22 heavy (non-hydrogen) atoms. The van der Waals surface area contributed by atoms with E-state index in [1.807, 2.05) is 30.3 Å². The van der Waals surface area contributed by atoms with E-state index in [1.54, 1.807) is 0 Å². The molecule has 2 rings (SSSR count). The quantitative estimate of drug-likeness (QED) is 0.856. The number of alkyl halides is 2. The van der Waals surface area contributed by atoms with Crippen molar-refractivity contribution < 1.29 is 18.3 Å². The molecule has 0 aromatic heterocycles. The van der Waals surface area contributed by atoms with Crippen LogP contribution in [0.2, 0.25) is 0 Å². The van der Waals surface area contributed by atoms with Crippen LogP contribution in [0.5, 0.6) is 5.75 Å². The van der Waals surface area contributed by atoms with Gasteiger partial charge in [0.15, 0.2) is 0 Å². The topological polar surface area (TPSA) is 50.4 Å². The van der Waals surface area contributed by atoms with Gasteiger partial charge in [-0.15, -0.1) is 0 Å². The van der Waals surface area contributed by atoms with Crippen molar-refractivity contribution in [2.75, 3.05) is 11.9 Å². The Morgan fingerprint density at radius 3 is 2.36 bits per heavy atom. The second-order valence-electron chi connectivity index (χ2n) is 4.52. The molecule has 0 saturated carbocycles. The van der Waals surface area contributed by atoms with E-state index in [1.165, 1.54) is 24.3 Å². The second kappa shape index (κ2) is 7.97. The van der Waals surface area contributed by atoms with Crippen LogP contribution in [0.4, 0.5) is 19.3 Å². The SMILES string of the molecule is O=C(NCCc1ccccc1)Nc1ccc(OC(F)F)cc1. The number of carbonyl (C=O) groups is 1. The van der Waals surface area contributed by atoms with Crippen molar-refractivity contribution in [2.45, 2.75) is 13.0 Å². The molecule has 0 aliphatic carbocycles. The maximum atomic E-state index is 12.0. The Morgan fingerprint density at radius 1 is 1.05 bits per heavy atom. The third kappa shape index (κ3) is 5.40. The van der Waals surface area contributed by atoms with E-state index in [-0.39, 0.29) is 11.8 Å². The fourth-order valence-electron chi connectivity index (χ4n) is 1.86. The lowest BCUT2D eigenvalue weighted by molar-refractivity contribution is -0.0498. The molecule has 2 N–H and O–H groups in total. The number of hydrogen-bond acceptors (Lipinski definition) is 2. The van der Waals surface area contributed by atoms with E-state index in [9.17, 15) is 13.6 Å². The van der Waals surface area contributed by atoms with Crippen LogP contribution in [0.1, 0.15) is 5.56 Å². The van der Waals surface area contributed by atoms with Gasteiger partial charge in [0.1, 0.15) is 5.75 Å². The van der Waals surface area contributed by atoms with Crippen LogP contribution in [0.15, 0.2) is 54.6 Å². The summed E-state index contributed by atoms with van der Waals surface area (Å²) in [6.07, 6.45) is 0.732. The first-order chi connectivity index (χ1) is 10.6. The van der Waals surface area contributed by atoms with Crippen molar-refractivity contribution >= 4 is 11.7 Å². The summed E-state index contributed by atoms with van der Waals surface area (Å²) in [5.74, 6) is 0.0463. The fourth-order valence-corrected chi connectivity index (χ4v) is 1.86. The van der Waals surface area contributed by atoms with Gasteiger partial charge in [-0.05, 0) is 36.2 Å². The van der Waals surface area contributed by atoms with Gasteiger partial charge in [0.2, 0.25) is 0 Å². The molecule has 0 bridgehead atoms. The van der Waals surface area contributed by atoms with Gasteiger partial charge in [-0.1, -0.05) is 30.3 Å². The van der Waals surface area contributed by atoms with Gasteiger partial charge in [-0.25, -0.2) is 4.79 Å². The standard InChI is InChI=1S/C16H16F2N2O2/c17-15(18)22-14-8-6-13(7-9-14)20-16(21)19-11-10-12-4-2-1-3-5-12/h1-9,15H,10-11H2,(H2,19,20,21). The summed E-state index contributed by atoms with van der Waals surface area (Å²) < 4.78 is 28.2. The van der Waals surface area contributed by atoms with Crippen molar-refractivity contribution in [3.63, 3.8) is 0 Å². The first-order valence-corrected chi connectivity index (χ1v) is 6.77. The molecular weight excluding hydrogens is 290 g/mol. The predicted octanol–water partition coefficient (Wildman–Crippen LogP) is 3.65. The zero-order chi connectivity index (χ0) is 15.8. The Labute approximate surface area is 127 Å². The van der Waals surface area contributed by atoms with Gasteiger partial charge in [-0.2, -0.15) is 8.78 Å².